The van der Waals surface area contributed by atoms with Gasteiger partial charge in [0, 0.05) is 46.2 Å². The van der Waals surface area contributed by atoms with E-state index in [4.69, 9.17) is 4.74 Å². The molecule has 2 atom stereocenters. The highest BCUT2D eigenvalue weighted by Crippen LogP contribution is 2.34. The molecule has 0 saturated carbocycles. The summed E-state index contributed by atoms with van der Waals surface area (Å²) in [4.78, 5) is 32.1. The third-order valence-corrected chi connectivity index (χ3v) is 4.29. The first-order valence-electron chi connectivity index (χ1n) is 7.19. The van der Waals surface area contributed by atoms with Crippen molar-refractivity contribution in [2.75, 3.05) is 33.3 Å². The van der Waals surface area contributed by atoms with E-state index >= 15 is 0 Å². The Morgan fingerprint density at radius 2 is 2.19 bits per heavy atom. The van der Waals surface area contributed by atoms with Crippen LogP contribution in [0.4, 0.5) is 0 Å². The molecule has 7 heteroatoms. The van der Waals surface area contributed by atoms with Crippen LogP contribution in [-0.4, -0.2) is 64.5 Å². The molecule has 114 valence electrons. The van der Waals surface area contributed by atoms with Gasteiger partial charge >= 0.3 is 0 Å². The molecule has 2 amide bonds. The zero-order chi connectivity index (χ0) is 15.0. The highest BCUT2D eigenvalue weighted by Gasteiger charge is 2.40. The van der Waals surface area contributed by atoms with Crippen molar-refractivity contribution in [1.82, 2.24) is 19.4 Å². The molecule has 0 aliphatic carbocycles. The van der Waals surface area contributed by atoms with Crippen molar-refractivity contribution < 1.29 is 14.3 Å². The van der Waals surface area contributed by atoms with Gasteiger partial charge in [-0.1, -0.05) is 0 Å². The van der Waals surface area contributed by atoms with Gasteiger partial charge in [-0.2, -0.15) is 0 Å². The lowest BCUT2D eigenvalue weighted by molar-refractivity contribution is -0.147. The molecule has 0 bridgehead atoms. The maximum Gasteiger partial charge on any atom is 0.241 e. The maximum absolute atomic E-state index is 12.7. The number of ether oxygens (including phenoxy) is 1. The van der Waals surface area contributed by atoms with Crippen molar-refractivity contribution >= 4 is 11.8 Å². The number of likely N-dealkylation sites (N-methyl/N-ethyl adjacent to an activating group) is 1. The second-order valence-corrected chi connectivity index (χ2v) is 5.66. The van der Waals surface area contributed by atoms with Crippen molar-refractivity contribution in [3.8, 4) is 0 Å². The van der Waals surface area contributed by atoms with E-state index in [2.05, 4.69) is 4.98 Å². The van der Waals surface area contributed by atoms with Crippen molar-refractivity contribution in [2.24, 2.45) is 13.0 Å². The fraction of sp³-hybridized carbons (Fsp3) is 0.643. The molecule has 3 heterocycles. The average Bonchev–Trinajstić information content (AvgIpc) is 3.09. The molecular weight excluding hydrogens is 272 g/mol. The van der Waals surface area contributed by atoms with Gasteiger partial charge in [0.2, 0.25) is 11.8 Å². The van der Waals surface area contributed by atoms with Crippen molar-refractivity contribution in [1.29, 1.82) is 0 Å². The molecule has 21 heavy (non-hydrogen) atoms. The summed E-state index contributed by atoms with van der Waals surface area (Å²) in [5.74, 6) is 0.512. The van der Waals surface area contributed by atoms with Gasteiger partial charge in [0.15, 0.2) is 0 Å². The fourth-order valence-corrected chi connectivity index (χ4v) is 2.93. The summed E-state index contributed by atoms with van der Waals surface area (Å²) in [6.45, 7) is 1.89. The normalized spacial score (nSPS) is 26.5. The zero-order valence-electron chi connectivity index (χ0n) is 12.4. The number of nitrogens with zero attached hydrogens (tertiary/aromatic N) is 4. The Kier molecular flexibility index (Phi) is 3.67. The number of amides is 2. The van der Waals surface area contributed by atoms with Crippen LogP contribution in [0.2, 0.25) is 0 Å². The van der Waals surface area contributed by atoms with Crippen LogP contribution in [0.1, 0.15) is 18.3 Å². The minimum atomic E-state index is -0.313. The molecule has 0 N–H and O–H groups in total. The van der Waals surface area contributed by atoms with Crippen molar-refractivity contribution in [3.05, 3.63) is 18.2 Å². The van der Waals surface area contributed by atoms with E-state index in [1.54, 1.807) is 23.0 Å². The number of imidazole rings is 1. The molecule has 2 saturated heterocycles. The molecule has 0 radical (unpaired) electrons. The van der Waals surface area contributed by atoms with Crippen LogP contribution in [0.5, 0.6) is 0 Å². The quantitative estimate of drug-likeness (QED) is 0.757. The Morgan fingerprint density at radius 1 is 1.38 bits per heavy atom. The average molecular weight is 292 g/mol. The number of aryl methyl sites for hydroxylation is 1. The topological polar surface area (TPSA) is 67.7 Å². The summed E-state index contributed by atoms with van der Waals surface area (Å²) >= 11 is 0. The smallest absolute Gasteiger partial charge is 0.241 e. The standard InChI is InChI=1S/C14H20N4O3/c1-16-6-7-18(9-11(16)19)14(20)10-3-8-21-12(10)13-15-4-5-17(13)2/h4-5,10,12H,3,6-9H2,1-2H3/t10-,12-/m1/s1. The van der Waals surface area contributed by atoms with E-state index in [0.717, 1.165) is 5.82 Å². The largest absolute Gasteiger partial charge is 0.369 e. The molecular formula is C14H20N4O3. The summed E-state index contributed by atoms with van der Waals surface area (Å²) in [5.41, 5.74) is 0. The monoisotopic (exact) mass is 292 g/mol. The number of piperazine rings is 1. The van der Waals surface area contributed by atoms with Crippen LogP contribution in [0.25, 0.3) is 0 Å². The SMILES string of the molecule is CN1CCN(C(=O)[C@@H]2CCO[C@H]2c2nccn2C)CC1=O. The molecule has 7 nitrogen and oxygen atoms in total. The van der Waals surface area contributed by atoms with Gasteiger partial charge in [0.05, 0.1) is 12.5 Å². The third kappa shape index (κ3) is 2.53. The van der Waals surface area contributed by atoms with Gasteiger partial charge in [-0.3, -0.25) is 9.59 Å². The number of rotatable bonds is 2. The zero-order valence-corrected chi connectivity index (χ0v) is 12.4. The molecule has 0 unspecified atom stereocenters. The Bertz CT molecular complexity index is 556. The second kappa shape index (κ2) is 5.48. The van der Waals surface area contributed by atoms with Crippen molar-refractivity contribution in [2.45, 2.75) is 12.5 Å². The minimum Gasteiger partial charge on any atom is -0.369 e. The first-order chi connectivity index (χ1) is 10.1. The van der Waals surface area contributed by atoms with Crippen LogP contribution in [-0.2, 0) is 21.4 Å². The molecule has 2 fully saturated rings. The third-order valence-electron chi connectivity index (χ3n) is 4.29. The first kappa shape index (κ1) is 14.1. The molecule has 1 aromatic rings. The van der Waals surface area contributed by atoms with E-state index in [-0.39, 0.29) is 30.4 Å². The Labute approximate surface area is 123 Å². The molecule has 0 spiro atoms. The summed E-state index contributed by atoms with van der Waals surface area (Å²) < 4.78 is 7.60. The fourth-order valence-electron chi connectivity index (χ4n) is 2.93. The molecule has 2 aliphatic rings. The van der Waals surface area contributed by atoms with Gasteiger partial charge in [-0.25, -0.2) is 4.98 Å². The number of carbonyl (C=O) groups excluding carboxylic acids is 2. The number of hydrogen-bond acceptors (Lipinski definition) is 4. The van der Waals surface area contributed by atoms with Crippen LogP contribution >= 0.6 is 0 Å². The Hall–Kier alpha value is -1.89. The molecule has 0 aromatic carbocycles. The first-order valence-corrected chi connectivity index (χ1v) is 7.19. The Morgan fingerprint density at radius 3 is 2.86 bits per heavy atom. The van der Waals surface area contributed by atoms with E-state index in [9.17, 15) is 9.59 Å². The van der Waals surface area contributed by atoms with Crippen LogP contribution < -0.4 is 0 Å². The minimum absolute atomic E-state index is 0.00181. The van der Waals surface area contributed by atoms with E-state index in [1.165, 1.54) is 0 Å². The number of carbonyl (C=O) groups is 2. The molecule has 3 rings (SSSR count). The predicted octanol–water partition coefficient (Wildman–Crippen LogP) is -0.202. The van der Waals surface area contributed by atoms with Crippen LogP contribution in [0.3, 0.4) is 0 Å². The van der Waals surface area contributed by atoms with Crippen LogP contribution in [0.15, 0.2) is 12.4 Å². The van der Waals surface area contributed by atoms with Gasteiger partial charge in [-0.15, -0.1) is 0 Å². The molecule has 1 aromatic heterocycles. The van der Waals surface area contributed by atoms with E-state index < -0.39 is 0 Å². The van der Waals surface area contributed by atoms with Gasteiger partial charge < -0.3 is 19.1 Å². The van der Waals surface area contributed by atoms with E-state index in [0.29, 0.717) is 26.1 Å². The predicted molar refractivity (Wildman–Crippen MR) is 74.2 cm³/mol. The lowest BCUT2D eigenvalue weighted by atomic mass is 9.98. The van der Waals surface area contributed by atoms with Crippen molar-refractivity contribution in [3.63, 3.8) is 0 Å². The van der Waals surface area contributed by atoms with Gasteiger partial charge in [-0.05, 0) is 6.42 Å². The lowest BCUT2D eigenvalue weighted by Gasteiger charge is -2.34. The summed E-state index contributed by atoms with van der Waals surface area (Å²) in [5, 5.41) is 0. The van der Waals surface area contributed by atoms with E-state index in [1.807, 2.05) is 17.8 Å². The maximum atomic E-state index is 12.7. The summed E-state index contributed by atoms with van der Waals surface area (Å²) in [7, 11) is 3.66. The highest BCUT2D eigenvalue weighted by molar-refractivity contribution is 5.87. The highest BCUT2D eigenvalue weighted by atomic mass is 16.5. The second-order valence-electron chi connectivity index (χ2n) is 5.66. The number of aromatic nitrogens is 2. The summed E-state index contributed by atoms with van der Waals surface area (Å²) in [6, 6.07) is 0. The summed E-state index contributed by atoms with van der Waals surface area (Å²) in [6.07, 6.45) is 3.92. The lowest BCUT2D eigenvalue weighted by Crippen LogP contribution is -2.52. The van der Waals surface area contributed by atoms with Gasteiger partial charge in [0.1, 0.15) is 11.9 Å². The number of hydrogen-bond donors (Lipinski definition) is 0. The van der Waals surface area contributed by atoms with Crippen LogP contribution in [0, 0.1) is 5.92 Å². The molecule has 2 aliphatic heterocycles. The van der Waals surface area contributed by atoms with Gasteiger partial charge in [0.25, 0.3) is 0 Å². The Balaban J connectivity index is 1.75.